The minimum atomic E-state index is -0.685. The number of aromatic nitrogens is 2. The summed E-state index contributed by atoms with van der Waals surface area (Å²) in [5.41, 5.74) is 6.90. The van der Waals surface area contributed by atoms with Crippen LogP contribution in [0.2, 0.25) is 0 Å². The highest BCUT2D eigenvalue weighted by Crippen LogP contribution is 2.32. The molecule has 234 valence electrons. The van der Waals surface area contributed by atoms with Gasteiger partial charge < -0.3 is 29.3 Å². The van der Waals surface area contributed by atoms with E-state index >= 15 is 0 Å². The number of rotatable bonds is 13. The molecule has 44 heavy (non-hydrogen) atoms. The van der Waals surface area contributed by atoms with Gasteiger partial charge in [-0.25, -0.2) is 14.2 Å². The fourth-order valence-corrected chi connectivity index (χ4v) is 5.43. The predicted molar refractivity (Wildman–Crippen MR) is 166 cm³/mol. The zero-order valence-corrected chi connectivity index (χ0v) is 25.2. The molecule has 2 heterocycles. The monoisotopic (exact) mass is 608 g/mol. The van der Waals surface area contributed by atoms with E-state index in [0.717, 1.165) is 55.4 Å². The topological polar surface area (TPSA) is 93.1 Å². The molecule has 10 nitrogen and oxygen atoms in total. The van der Waals surface area contributed by atoms with Crippen molar-refractivity contribution in [1.82, 2.24) is 14.8 Å². The lowest BCUT2D eigenvalue weighted by molar-refractivity contribution is -0.0303. The number of methoxy groups -OCH3 is 2. The molecule has 2 N–H and O–H groups in total. The maximum atomic E-state index is 13.9. The summed E-state index contributed by atoms with van der Waals surface area (Å²) in [5.74, 6) is -1.65. The van der Waals surface area contributed by atoms with Gasteiger partial charge in [0.25, 0.3) is 5.91 Å². The highest BCUT2D eigenvalue weighted by atomic mass is 19.1. The van der Waals surface area contributed by atoms with Gasteiger partial charge in [0, 0.05) is 58.4 Å². The Bertz CT molecular complexity index is 1550. The predicted octanol–water partition coefficient (Wildman–Crippen LogP) is 4.61. The van der Waals surface area contributed by atoms with Crippen molar-refractivity contribution < 1.29 is 27.8 Å². The molecule has 1 aliphatic rings. The van der Waals surface area contributed by atoms with Gasteiger partial charge in [-0.3, -0.25) is 4.79 Å². The fourth-order valence-electron chi connectivity index (χ4n) is 5.43. The molecule has 5 rings (SSSR count). The summed E-state index contributed by atoms with van der Waals surface area (Å²) >= 11 is 0. The van der Waals surface area contributed by atoms with Gasteiger partial charge in [0.1, 0.15) is 24.5 Å². The molecule has 1 amide bonds. The Morgan fingerprint density at radius 1 is 1.00 bits per heavy atom. The van der Waals surface area contributed by atoms with Gasteiger partial charge >= 0.3 is 0 Å². The van der Waals surface area contributed by atoms with Crippen LogP contribution in [0.5, 0.6) is 0 Å². The lowest BCUT2D eigenvalue weighted by Gasteiger charge is -2.36. The third-order valence-corrected chi connectivity index (χ3v) is 7.61. The maximum Gasteiger partial charge on any atom is 0.273 e. The van der Waals surface area contributed by atoms with Crippen LogP contribution in [0.25, 0.3) is 10.9 Å². The third-order valence-electron chi connectivity index (χ3n) is 7.61. The molecule has 0 aliphatic carbocycles. The lowest BCUT2D eigenvalue weighted by Crippen LogP contribution is -2.45. The van der Waals surface area contributed by atoms with Crippen molar-refractivity contribution in [2.75, 3.05) is 83.0 Å². The average Bonchev–Trinajstić information content (AvgIpc) is 3.41. The summed E-state index contributed by atoms with van der Waals surface area (Å²) in [4.78, 5) is 19.7. The number of benzene rings is 3. The third kappa shape index (κ3) is 7.33. The Balaban J connectivity index is 1.38. The van der Waals surface area contributed by atoms with Crippen molar-refractivity contribution in [1.29, 1.82) is 0 Å². The zero-order chi connectivity index (χ0) is 31.1. The Morgan fingerprint density at radius 3 is 2.50 bits per heavy atom. The maximum absolute atomic E-state index is 13.9. The quantitative estimate of drug-likeness (QED) is 0.168. The first kappa shape index (κ1) is 31.3. The minimum Gasteiger partial charge on any atom is -0.383 e. The first-order valence-corrected chi connectivity index (χ1v) is 14.5. The fraction of sp³-hybridized carbons (Fsp3) is 0.375. The van der Waals surface area contributed by atoms with Gasteiger partial charge in [-0.1, -0.05) is 12.1 Å². The molecule has 12 heteroatoms. The van der Waals surface area contributed by atoms with Gasteiger partial charge in [0.05, 0.1) is 35.3 Å². The molecule has 1 unspecified atom stereocenters. The van der Waals surface area contributed by atoms with Crippen molar-refractivity contribution in [3.8, 4) is 0 Å². The number of ether oxygens (including phenoxy) is 3. The molecule has 4 aromatic rings. The van der Waals surface area contributed by atoms with E-state index in [9.17, 15) is 13.6 Å². The Kier molecular flexibility index (Phi) is 10.4. The summed E-state index contributed by atoms with van der Waals surface area (Å²) in [6.07, 6.45) is 1.72. The van der Waals surface area contributed by atoms with Crippen molar-refractivity contribution in [3.05, 3.63) is 89.1 Å². The van der Waals surface area contributed by atoms with E-state index < -0.39 is 17.7 Å². The van der Waals surface area contributed by atoms with Crippen LogP contribution in [-0.2, 0) is 14.2 Å². The molecule has 0 spiro atoms. The average molecular weight is 609 g/mol. The van der Waals surface area contributed by atoms with Crippen molar-refractivity contribution in [2.45, 2.75) is 12.5 Å². The number of para-hydroxylation sites is 1. The number of fused-ring (bicyclic) bond motifs is 1. The molecular weight excluding hydrogens is 570 g/mol. The Hall–Kier alpha value is -4.10. The van der Waals surface area contributed by atoms with Crippen LogP contribution < -0.4 is 15.6 Å². The molecule has 0 bridgehead atoms. The van der Waals surface area contributed by atoms with Gasteiger partial charge in [0.15, 0.2) is 0 Å². The zero-order valence-electron chi connectivity index (χ0n) is 25.2. The SMILES string of the molecule is COCOCCCNc1cccc(C(=O)Nn2ncc3cc(C(OC)c4cc(F)cc(F)c4)ccc32)c1N1CCN(C)CC1. The first-order valence-electron chi connectivity index (χ1n) is 14.5. The van der Waals surface area contributed by atoms with Gasteiger partial charge in [-0.15, -0.1) is 0 Å². The van der Waals surface area contributed by atoms with Gasteiger partial charge in [0.2, 0.25) is 0 Å². The van der Waals surface area contributed by atoms with E-state index in [2.05, 4.69) is 32.7 Å². The summed E-state index contributed by atoms with van der Waals surface area (Å²) in [5, 5.41) is 8.63. The molecule has 1 aromatic heterocycles. The molecule has 3 aromatic carbocycles. The van der Waals surface area contributed by atoms with Crippen molar-refractivity contribution in [3.63, 3.8) is 0 Å². The van der Waals surface area contributed by atoms with E-state index in [0.29, 0.717) is 35.4 Å². The second kappa shape index (κ2) is 14.6. The molecule has 1 atom stereocenters. The number of piperazine rings is 1. The van der Waals surface area contributed by atoms with Crippen LogP contribution >= 0.6 is 0 Å². The first-order chi connectivity index (χ1) is 21.4. The number of hydrogen-bond donors (Lipinski definition) is 2. The van der Waals surface area contributed by atoms with Crippen molar-refractivity contribution >= 4 is 28.2 Å². The molecule has 1 saturated heterocycles. The summed E-state index contributed by atoms with van der Waals surface area (Å²) < 4.78 is 43.7. The molecule has 1 aliphatic heterocycles. The summed E-state index contributed by atoms with van der Waals surface area (Å²) in [7, 11) is 5.17. The van der Waals surface area contributed by atoms with Crippen LogP contribution in [0.1, 0.15) is 34.0 Å². The minimum absolute atomic E-state index is 0.256. The van der Waals surface area contributed by atoms with E-state index in [1.165, 1.54) is 24.0 Å². The number of halogens is 2. The number of amides is 1. The van der Waals surface area contributed by atoms with Crippen LogP contribution in [-0.4, -0.2) is 88.1 Å². The molecule has 1 fully saturated rings. The number of anilines is 2. The number of carbonyl (C=O) groups is 1. The summed E-state index contributed by atoms with van der Waals surface area (Å²) in [6.45, 7) is 4.83. The smallest absolute Gasteiger partial charge is 0.273 e. The number of nitrogens with one attached hydrogen (secondary N) is 2. The van der Waals surface area contributed by atoms with E-state index in [1.807, 2.05) is 24.3 Å². The Morgan fingerprint density at radius 2 is 1.77 bits per heavy atom. The Labute approximate surface area is 255 Å². The van der Waals surface area contributed by atoms with Crippen LogP contribution in [0.4, 0.5) is 20.2 Å². The van der Waals surface area contributed by atoms with Gasteiger partial charge in [-0.2, -0.15) is 9.89 Å². The van der Waals surface area contributed by atoms with Crippen LogP contribution in [0.15, 0.2) is 60.8 Å². The molecular formula is C32H38F2N6O4. The number of carbonyl (C=O) groups excluding carboxylic acids is 1. The number of hydrogen-bond acceptors (Lipinski definition) is 8. The largest absolute Gasteiger partial charge is 0.383 e. The van der Waals surface area contributed by atoms with Crippen molar-refractivity contribution in [2.24, 2.45) is 0 Å². The van der Waals surface area contributed by atoms with Crippen LogP contribution in [0.3, 0.4) is 0 Å². The highest BCUT2D eigenvalue weighted by Gasteiger charge is 2.24. The lowest BCUT2D eigenvalue weighted by atomic mass is 10.00. The standard InChI is InChI=1S/C32H38F2N6O4/c1-38-11-13-39(14-12-38)30-27(6-4-7-28(30)35-10-5-15-44-21-42-2)32(41)37-40-29-9-8-22(16-24(29)20-36-40)31(43-3)23-17-25(33)19-26(34)18-23/h4,6-9,16-20,31,35H,5,10-15,21H2,1-3H3,(H,37,41). The highest BCUT2D eigenvalue weighted by molar-refractivity contribution is 6.07. The molecule has 0 radical (unpaired) electrons. The summed E-state index contributed by atoms with van der Waals surface area (Å²) in [6, 6.07) is 14.4. The van der Waals surface area contributed by atoms with E-state index in [1.54, 1.807) is 25.4 Å². The van der Waals surface area contributed by atoms with E-state index in [4.69, 9.17) is 14.2 Å². The van der Waals surface area contributed by atoms with Gasteiger partial charge in [-0.05, 0) is 61.0 Å². The number of nitrogens with zero attached hydrogens (tertiary/aromatic N) is 4. The van der Waals surface area contributed by atoms with Crippen LogP contribution in [0, 0.1) is 11.6 Å². The normalized spacial score (nSPS) is 14.6. The second-order valence-electron chi connectivity index (χ2n) is 10.7. The van der Waals surface area contributed by atoms with E-state index in [-0.39, 0.29) is 12.7 Å². The number of likely N-dealkylation sites (N-methyl/N-ethyl adjacent to an activating group) is 1. The molecule has 0 saturated carbocycles. The second-order valence-corrected chi connectivity index (χ2v) is 10.7.